The summed E-state index contributed by atoms with van der Waals surface area (Å²) < 4.78 is 0. The smallest absolute Gasteiger partial charge is 0.335 e. The number of carboxylic acids is 1. The molecule has 0 saturated carbocycles. The molecule has 0 aliphatic rings. The molecule has 0 saturated heterocycles. The van der Waals surface area contributed by atoms with Gasteiger partial charge in [0.2, 0.25) is 0 Å². The van der Waals surface area contributed by atoms with E-state index in [1.165, 1.54) is 0 Å². The van der Waals surface area contributed by atoms with E-state index in [0.717, 1.165) is 21.5 Å². The summed E-state index contributed by atoms with van der Waals surface area (Å²) in [5, 5.41) is 21.5. The van der Waals surface area contributed by atoms with Crippen molar-refractivity contribution in [2.24, 2.45) is 0 Å². The number of carboxylic acid groups (broad SMARTS) is 1. The van der Waals surface area contributed by atoms with E-state index in [1.54, 1.807) is 42.7 Å². The third-order valence-corrected chi connectivity index (χ3v) is 3.12. The van der Waals surface area contributed by atoms with Crippen LogP contribution < -0.4 is 0 Å². The number of nitriles is 1. The van der Waals surface area contributed by atoms with Crippen LogP contribution in [0.5, 0.6) is 0 Å². The zero-order valence-corrected chi connectivity index (χ0v) is 9.79. The highest BCUT2D eigenvalue weighted by molar-refractivity contribution is 6.10. The van der Waals surface area contributed by atoms with Crippen LogP contribution in [0.25, 0.3) is 21.5 Å². The van der Waals surface area contributed by atoms with Gasteiger partial charge in [0, 0.05) is 23.2 Å². The lowest BCUT2D eigenvalue weighted by Gasteiger charge is -2.06. The Kier molecular flexibility index (Phi) is 2.39. The summed E-state index contributed by atoms with van der Waals surface area (Å²) >= 11 is 0. The van der Waals surface area contributed by atoms with Crippen molar-refractivity contribution in [1.29, 1.82) is 5.26 Å². The van der Waals surface area contributed by atoms with Gasteiger partial charge >= 0.3 is 5.97 Å². The average Bonchev–Trinajstić information content (AvgIpc) is 2.45. The average molecular weight is 248 g/mol. The Labute approximate surface area is 108 Å². The topological polar surface area (TPSA) is 74.0 Å². The van der Waals surface area contributed by atoms with Crippen LogP contribution in [0.15, 0.2) is 42.7 Å². The van der Waals surface area contributed by atoms with Gasteiger partial charge in [-0.15, -0.1) is 0 Å². The first kappa shape index (κ1) is 11.2. The van der Waals surface area contributed by atoms with E-state index in [9.17, 15) is 10.1 Å². The fourth-order valence-electron chi connectivity index (χ4n) is 2.23. The molecular weight excluding hydrogens is 240 g/mol. The van der Waals surface area contributed by atoms with E-state index in [0.29, 0.717) is 5.56 Å². The van der Waals surface area contributed by atoms with Crippen LogP contribution in [0.1, 0.15) is 15.9 Å². The molecule has 3 aromatic rings. The molecule has 0 bridgehead atoms. The van der Waals surface area contributed by atoms with Crippen LogP contribution in [-0.4, -0.2) is 16.1 Å². The number of nitrogens with zero attached hydrogens (tertiary/aromatic N) is 2. The predicted molar refractivity (Wildman–Crippen MR) is 70.9 cm³/mol. The van der Waals surface area contributed by atoms with Crippen molar-refractivity contribution in [1.82, 2.24) is 4.98 Å². The third kappa shape index (κ3) is 1.69. The molecule has 2 aromatic carbocycles. The summed E-state index contributed by atoms with van der Waals surface area (Å²) in [5.41, 5.74) is 0.729. The summed E-state index contributed by atoms with van der Waals surface area (Å²) in [6.45, 7) is 0. The summed E-state index contributed by atoms with van der Waals surface area (Å²) in [6, 6.07) is 10.5. The molecule has 90 valence electrons. The van der Waals surface area contributed by atoms with Gasteiger partial charge in [-0.3, -0.25) is 4.98 Å². The minimum absolute atomic E-state index is 0.208. The number of carbonyl (C=O) groups is 1. The molecule has 19 heavy (non-hydrogen) atoms. The lowest BCUT2D eigenvalue weighted by atomic mass is 9.98. The normalized spacial score (nSPS) is 10.5. The van der Waals surface area contributed by atoms with Crippen molar-refractivity contribution in [2.45, 2.75) is 0 Å². The third-order valence-electron chi connectivity index (χ3n) is 3.12. The number of hydrogen-bond donors (Lipinski definition) is 1. The zero-order valence-electron chi connectivity index (χ0n) is 9.79. The van der Waals surface area contributed by atoms with Crippen LogP contribution in [0.4, 0.5) is 0 Å². The van der Waals surface area contributed by atoms with Gasteiger partial charge in [-0.25, -0.2) is 4.79 Å². The van der Waals surface area contributed by atoms with Crippen molar-refractivity contribution in [3.63, 3.8) is 0 Å². The molecule has 1 N–H and O–H groups in total. The maximum Gasteiger partial charge on any atom is 0.335 e. The molecule has 0 amide bonds. The second-order valence-corrected chi connectivity index (χ2v) is 4.20. The Morgan fingerprint density at radius 2 is 2.00 bits per heavy atom. The highest BCUT2D eigenvalue weighted by Crippen LogP contribution is 2.28. The van der Waals surface area contributed by atoms with E-state index < -0.39 is 5.97 Å². The van der Waals surface area contributed by atoms with Crippen molar-refractivity contribution in [3.8, 4) is 6.07 Å². The maximum absolute atomic E-state index is 11.0. The van der Waals surface area contributed by atoms with Crippen molar-refractivity contribution in [3.05, 3.63) is 53.9 Å². The Hall–Kier alpha value is -2.93. The fourth-order valence-corrected chi connectivity index (χ4v) is 2.23. The number of fused-ring (bicyclic) bond motifs is 3. The maximum atomic E-state index is 11.0. The number of hydrogen-bond acceptors (Lipinski definition) is 3. The van der Waals surface area contributed by atoms with E-state index in [1.807, 2.05) is 0 Å². The largest absolute Gasteiger partial charge is 0.478 e. The molecule has 3 rings (SSSR count). The highest BCUT2D eigenvalue weighted by Gasteiger charge is 2.09. The lowest BCUT2D eigenvalue weighted by Crippen LogP contribution is -1.95. The summed E-state index contributed by atoms with van der Waals surface area (Å²) in [5.74, 6) is -0.980. The van der Waals surface area contributed by atoms with E-state index >= 15 is 0 Å². The monoisotopic (exact) mass is 248 g/mol. The van der Waals surface area contributed by atoms with Gasteiger partial charge in [0.05, 0.1) is 17.2 Å². The van der Waals surface area contributed by atoms with Crippen LogP contribution >= 0.6 is 0 Å². The summed E-state index contributed by atoms with van der Waals surface area (Å²) in [7, 11) is 0. The van der Waals surface area contributed by atoms with Crippen LogP contribution in [0, 0.1) is 11.3 Å². The second-order valence-electron chi connectivity index (χ2n) is 4.20. The number of aromatic nitrogens is 1. The molecular formula is C15H8N2O2. The second kappa shape index (κ2) is 4.07. The quantitative estimate of drug-likeness (QED) is 0.672. The molecule has 4 heteroatoms. The Bertz CT molecular complexity index is 863. The molecule has 1 aromatic heterocycles. The van der Waals surface area contributed by atoms with Gasteiger partial charge in [-0.1, -0.05) is 6.07 Å². The molecule has 0 unspecified atom stereocenters. The number of benzene rings is 2. The first-order valence-corrected chi connectivity index (χ1v) is 5.64. The van der Waals surface area contributed by atoms with Gasteiger partial charge in [0.1, 0.15) is 0 Å². The van der Waals surface area contributed by atoms with E-state index in [4.69, 9.17) is 5.11 Å². The minimum Gasteiger partial charge on any atom is -0.478 e. The molecule has 1 heterocycles. The molecule has 0 aliphatic heterocycles. The highest BCUT2D eigenvalue weighted by atomic mass is 16.4. The predicted octanol–water partition coefficient (Wildman–Crippen LogP) is 2.96. The first-order valence-electron chi connectivity index (χ1n) is 5.64. The van der Waals surface area contributed by atoms with Gasteiger partial charge < -0.3 is 5.11 Å². The SMILES string of the molecule is N#Cc1cc2cc(C(=O)O)ccc2c2cnccc12. The molecule has 0 atom stereocenters. The van der Waals surface area contributed by atoms with Gasteiger partial charge in [0.25, 0.3) is 0 Å². The molecule has 0 fully saturated rings. The standard InChI is InChI=1S/C15H8N2O2/c16-7-11-6-10-5-9(15(18)19)1-2-12(10)14-8-17-4-3-13(11)14/h1-6,8H,(H,18,19). The van der Waals surface area contributed by atoms with Crippen LogP contribution in [0.2, 0.25) is 0 Å². The Morgan fingerprint density at radius 1 is 1.16 bits per heavy atom. The van der Waals surface area contributed by atoms with Crippen molar-refractivity contribution >= 4 is 27.5 Å². The lowest BCUT2D eigenvalue weighted by molar-refractivity contribution is 0.0697. The van der Waals surface area contributed by atoms with Crippen LogP contribution in [-0.2, 0) is 0 Å². The van der Waals surface area contributed by atoms with E-state index in [2.05, 4.69) is 11.1 Å². The van der Waals surface area contributed by atoms with Crippen LogP contribution in [0.3, 0.4) is 0 Å². The summed E-state index contributed by atoms with van der Waals surface area (Å²) in [4.78, 5) is 15.1. The summed E-state index contributed by atoms with van der Waals surface area (Å²) in [6.07, 6.45) is 3.33. The molecule has 0 aliphatic carbocycles. The number of pyridine rings is 1. The van der Waals surface area contributed by atoms with E-state index in [-0.39, 0.29) is 5.56 Å². The number of rotatable bonds is 1. The molecule has 0 spiro atoms. The van der Waals surface area contributed by atoms with Gasteiger partial charge in [0.15, 0.2) is 0 Å². The van der Waals surface area contributed by atoms with Gasteiger partial charge in [-0.2, -0.15) is 5.26 Å². The first-order chi connectivity index (χ1) is 9.20. The van der Waals surface area contributed by atoms with Gasteiger partial charge in [-0.05, 0) is 35.0 Å². The Balaban J connectivity index is 2.49. The molecule has 4 nitrogen and oxygen atoms in total. The fraction of sp³-hybridized carbons (Fsp3) is 0. The number of aromatic carboxylic acids is 1. The minimum atomic E-state index is -0.980. The molecule has 0 radical (unpaired) electrons. The van der Waals surface area contributed by atoms with Crippen molar-refractivity contribution < 1.29 is 9.90 Å². The Morgan fingerprint density at radius 3 is 2.74 bits per heavy atom. The van der Waals surface area contributed by atoms with Crippen molar-refractivity contribution in [2.75, 3.05) is 0 Å². The zero-order chi connectivity index (χ0) is 13.4.